The molecule has 13 heteroatoms. The molecule has 0 radical (unpaired) electrons. The van der Waals surface area contributed by atoms with E-state index >= 15 is 4.39 Å². The minimum absolute atomic E-state index is 0.100. The minimum Gasteiger partial charge on any atom is -0.478 e. The smallest absolute Gasteiger partial charge is 0.328 e. The van der Waals surface area contributed by atoms with E-state index in [1.165, 1.54) is 12.1 Å². The Morgan fingerprint density at radius 3 is 2.35 bits per heavy atom. The van der Waals surface area contributed by atoms with E-state index in [1.54, 1.807) is 18.1 Å². The number of carbonyl (C=O) groups is 3. The molecule has 10 nitrogen and oxygen atoms in total. The first-order chi connectivity index (χ1) is 17.4. The van der Waals surface area contributed by atoms with Gasteiger partial charge in [-0.25, -0.2) is 28.3 Å². The molecule has 1 amide bonds. The lowest BCUT2D eigenvalue weighted by Gasteiger charge is -2.36. The van der Waals surface area contributed by atoms with Crippen LogP contribution >= 0.6 is 11.6 Å². The maximum Gasteiger partial charge on any atom is 0.328 e. The van der Waals surface area contributed by atoms with Gasteiger partial charge < -0.3 is 25.7 Å². The summed E-state index contributed by atoms with van der Waals surface area (Å²) in [5.41, 5.74) is -0.163. The molecule has 1 aliphatic rings. The summed E-state index contributed by atoms with van der Waals surface area (Å²) in [5.74, 6) is -2.02. The Morgan fingerprint density at radius 2 is 1.81 bits per heavy atom. The van der Waals surface area contributed by atoms with Crippen LogP contribution in [0.2, 0.25) is 5.02 Å². The average Bonchev–Trinajstić information content (AvgIpc) is 2.86. The number of hydrogen-bond donors (Lipinski definition) is 4. The highest BCUT2D eigenvalue weighted by molar-refractivity contribution is 6.31. The Hall–Kier alpha value is -3.64. The largest absolute Gasteiger partial charge is 0.478 e. The monoisotopic (exact) mass is 539 g/mol. The summed E-state index contributed by atoms with van der Waals surface area (Å²) in [5, 5.41) is 21.6. The number of likely N-dealkylation sites (tertiary alicyclic amines) is 1. The average molecular weight is 540 g/mol. The number of aryl methyl sites for hydroxylation is 1. The van der Waals surface area contributed by atoms with E-state index in [0.29, 0.717) is 30.1 Å². The number of halogens is 3. The van der Waals surface area contributed by atoms with Crippen molar-refractivity contribution in [2.45, 2.75) is 32.0 Å². The normalized spacial score (nSPS) is 14.6. The van der Waals surface area contributed by atoms with Crippen LogP contribution in [0.5, 0.6) is 0 Å². The fourth-order valence-corrected chi connectivity index (χ4v) is 3.64. The molecule has 0 bridgehead atoms. The molecular weight excluding hydrogens is 512 g/mol. The molecule has 200 valence electrons. The second-order valence-corrected chi connectivity index (χ2v) is 8.66. The van der Waals surface area contributed by atoms with Crippen molar-refractivity contribution in [3.8, 4) is 0 Å². The van der Waals surface area contributed by atoms with E-state index in [9.17, 15) is 18.8 Å². The molecule has 0 saturated carbocycles. The van der Waals surface area contributed by atoms with Crippen molar-refractivity contribution in [3.63, 3.8) is 0 Å². The number of alkyl halides is 1. The molecule has 1 aromatic carbocycles. The lowest BCUT2D eigenvalue weighted by atomic mass is 9.92. The van der Waals surface area contributed by atoms with Crippen LogP contribution in [-0.2, 0) is 16.1 Å². The van der Waals surface area contributed by atoms with Crippen LogP contribution in [0, 0.1) is 12.7 Å². The summed E-state index contributed by atoms with van der Waals surface area (Å²) in [7, 11) is 1.79. The van der Waals surface area contributed by atoms with Gasteiger partial charge >= 0.3 is 11.9 Å². The molecular formula is C24H28ClF2N5O5. The number of carboxylic acids is 2. The van der Waals surface area contributed by atoms with Crippen LogP contribution in [0.25, 0.3) is 0 Å². The van der Waals surface area contributed by atoms with Crippen molar-refractivity contribution >= 4 is 35.3 Å². The molecule has 0 atom stereocenters. The third-order valence-electron chi connectivity index (χ3n) is 5.47. The molecule has 2 heterocycles. The van der Waals surface area contributed by atoms with Crippen molar-refractivity contribution in [2.75, 3.05) is 32.0 Å². The fraction of sp³-hybridized carbons (Fsp3) is 0.375. The first-order valence-electron chi connectivity index (χ1n) is 11.2. The quantitative estimate of drug-likeness (QED) is 0.372. The SMILES string of the molecule is CNc1nc(CNCC2(F)CCN(C(=O)c3ccc(F)c(Cl)c3)CC2)ncc1C.O=C(O)/C=C/C(=O)O. The number of anilines is 1. The van der Waals surface area contributed by atoms with Crippen molar-refractivity contribution in [2.24, 2.45) is 0 Å². The van der Waals surface area contributed by atoms with Crippen molar-refractivity contribution in [3.05, 3.63) is 64.3 Å². The molecule has 1 saturated heterocycles. The fourth-order valence-electron chi connectivity index (χ4n) is 3.46. The van der Waals surface area contributed by atoms with Crippen molar-refractivity contribution in [1.29, 1.82) is 0 Å². The molecule has 1 fully saturated rings. The number of rotatable bonds is 8. The van der Waals surface area contributed by atoms with Crippen LogP contribution < -0.4 is 10.6 Å². The van der Waals surface area contributed by atoms with E-state index in [2.05, 4.69) is 20.6 Å². The summed E-state index contributed by atoms with van der Waals surface area (Å²) in [6, 6.07) is 3.86. The van der Waals surface area contributed by atoms with E-state index in [0.717, 1.165) is 17.4 Å². The number of carbonyl (C=O) groups excluding carboxylic acids is 1. The lowest BCUT2D eigenvalue weighted by molar-refractivity contribution is -0.134. The lowest BCUT2D eigenvalue weighted by Crippen LogP contribution is -2.48. The molecule has 4 N–H and O–H groups in total. The van der Waals surface area contributed by atoms with Crippen molar-refractivity contribution < 1.29 is 33.4 Å². The van der Waals surface area contributed by atoms with E-state index < -0.39 is 23.4 Å². The summed E-state index contributed by atoms with van der Waals surface area (Å²) >= 11 is 5.75. The third-order valence-corrected chi connectivity index (χ3v) is 5.75. The van der Waals surface area contributed by atoms with Crippen molar-refractivity contribution in [1.82, 2.24) is 20.2 Å². The molecule has 3 rings (SSSR count). The van der Waals surface area contributed by atoms with Gasteiger partial charge in [-0.15, -0.1) is 0 Å². The number of amides is 1. The predicted molar refractivity (Wildman–Crippen MR) is 133 cm³/mol. The number of aromatic nitrogens is 2. The van der Waals surface area contributed by atoms with Gasteiger partial charge in [0, 0.05) is 69.0 Å². The van der Waals surface area contributed by atoms with Gasteiger partial charge in [-0.05, 0) is 25.1 Å². The highest BCUT2D eigenvalue weighted by Gasteiger charge is 2.36. The van der Waals surface area contributed by atoms with Gasteiger partial charge in [0.1, 0.15) is 23.1 Å². The summed E-state index contributed by atoms with van der Waals surface area (Å²) in [6.07, 6.45) is 3.28. The highest BCUT2D eigenvalue weighted by Crippen LogP contribution is 2.27. The Balaban J connectivity index is 0.000000521. The Labute approximate surface area is 217 Å². The number of benzene rings is 1. The molecule has 0 spiro atoms. The van der Waals surface area contributed by atoms with Crippen LogP contribution in [0.1, 0.15) is 34.6 Å². The summed E-state index contributed by atoms with van der Waals surface area (Å²) < 4.78 is 28.4. The molecule has 2 aromatic rings. The van der Waals surface area contributed by atoms with Gasteiger partial charge in [-0.2, -0.15) is 0 Å². The first-order valence-corrected chi connectivity index (χ1v) is 11.6. The number of carboxylic acid groups (broad SMARTS) is 2. The van der Waals surface area contributed by atoms with Gasteiger partial charge in [-0.1, -0.05) is 11.6 Å². The zero-order chi connectivity index (χ0) is 27.6. The Kier molecular flexibility index (Phi) is 10.9. The second-order valence-electron chi connectivity index (χ2n) is 8.25. The molecule has 37 heavy (non-hydrogen) atoms. The first kappa shape index (κ1) is 29.6. The number of piperidine rings is 1. The topological polar surface area (TPSA) is 145 Å². The summed E-state index contributed by atoms with van der Waals surface area (Å²) in [6.45, 7) is 3.00. The summed E-state index contributed by atoms with van der Waals surface area (Å²) in [4.78, 5) is 41.9. The van der Waals surface area contributed by atoms with Gasteiger partial charge in [-0.3, -0.25) is 4.79 Å². The number of aliphatic carboxylic acids is 2. The minimum atomic E-state index is -1.41. The van der Waals surface area contributed by atoms with E-state index in [4.69, 9.17) is 21.8 Å². The Bertz CT molecular complexity index is 1140. The van der Waals surface area contributed by atoms with Crippen LogP contribution in [-0.4, -0.2) is 75.3 Å². The maximum atomic E-state index is 15.1. The zero-order valence-electron chi connectivity index (χ0n) is 20.3. The van der Waals surface area contributed by atoms with Crippen LogP contribution in [0.4, 0.5) is 14.6 Å². The predicted octanol–water partition coefficient (Wildman–Crippen LogP) is 3.07. The highest BCUT2D eigenvalue weighted by atomic mass is 35.5. The maximum absolute atomic E-state index is 15.1. The van der Waals surface area contributed by atoms with Gasteiger partial charge in [0.15, 0.2) is 0 Å². The second kappa shape index (κ2) is 13.6. The Morgan fingerprint density at radius 1 is 1.19 bits per heavy atom. The number of nitrogens with zero attached hydrogens (tertiary/aromatic N) is 3. The van der Waals surface area contributed by atoms with Crippen LogP contribution in [0.3, 0.4) is 0 Å². The van der Waals surface area contributed by atoms with E-state index in [1.807, 2.05) is 6.92 Å². The van der Waals surface area contributed by atoms with Gasteiger partial charge in [0.2, 0.25) is 0 Å². The van der Waals surface area contributed by atoms with Crippen LogP contribution in [0.15, 0.2) is 36.5 Å². The van der Waals surface area contributed by atoms with Gasteiger partial charge in [0.05, 0.1) is 11.6 Å². The number of hydrogen-bond acceptors (Lipinski definition) is 7. The van der Waals surface area contributed by atoms with Gasteiger partial charge in [0.25, 0.3) is 5.91 Å². The molecule has 0 unspecified atom stereocenters. The zero-order valence-corrected chi connectivity index (χ0v) is 21.1. The standard InChI is InChI=1S/C20H24ClF2N5O.C4H4O4/c1-13-10-26-17(27-18(13)24-2)11-25-12-20(23)5-7-28(8-6-20)19(29)14-3-4-16(22)15(21)9-14;5-3(6)1-2-4(7)8/h3-4,9-10,25H,5-8,11-12H2,1-2H3,(H,24,26,27);1-2H,(H,5,6)(H,7,8)/b;2-1+. The molecule has 1 aromatic heterocycles. The molecule has 1 aliphatic heterocycles. The molecule has 0 aliphatic carbocycles. The third kappa shape index (κ3) is 9.39. The van der Waals surface area contributed by atoms with E-state index in [-0.39, 0.29) is 43.4 Å². The number of nitrogens with one attached hydrogen (secondary N) is 2.